The van der Waals surface area contributed by atoms with Crippen molar-refractivity contribution < 1.29 is 9.90 Å². The van der Waals surface area contributed by atoms with Gasteiger partial charge in [-0.05, 0) is 36.3 Å². The minimum Gasteiger partial charge on any atom is -0.478 e. The highest BCUT2D eigenvalue weighted by atomic mass is 32.2. The Morgan fingerprint density at radius 1 is 1.33 bits per heavy atom. The molecule has 2 nitrogen and oxygen atoms in total. The molecule has 0 saturated carbocycles. The monoisotopic (exact) mass is 242 g/mol. The molecule has 1 N–H and O–H groups in total. The van der Waals surface area contributed by atoms with E-state index < -0.39 is 5.97 Å². The van der Waals surface area contributed by atoms with Crippen molar-refractivity contribution in [2.75, 3.05) is 17.8 Å². The van der Waals surface area contributed by atoms with Gasteiger partial charge in [-0.1, -0.05) is 12.1 Å². The Morgan fingerprint density at radius 2 is 2.07 bits per heavy atom. The van der Waals surface area contributed by atoms with Gasteiger partial charge in [-0.2, -0.15) is 11.8 Å². The molecule has 0 atom stereocenters. The van der Waals surface area contributed by atoms with Gasteiger partial charge in [0.25, 0.3) is 0 Å². The minimum absolute atomic E-state index is 0.409. The van der Waals surface area contributed by atoms with Gasteiger partial charge in [0.15, 0.2) is 0 Å². The van der Waals surface area contributed by atoms with Gasteiger partial charge < -0.3 is 5.11 Å². The second-order valence-electron chi connectivity index (χ2n) is 3.00. The van der Waals surface area contributed by atoms with Crippen LogP contribution >= 0.6 is 23.5 Å². The molecule has 0 heterocycles. The highest BCUT2D eigenvalue weighted by Crippen LogP contribution is 2.23. The number of aromatic carboxylic acids is 1. The number of thioether (sulfide) groups is 2. The fourth-order valence-electron chi connectivity index (χ4n) is 1.15. The zero-order valence-electron chi connectivity index (χ0n) is 8.60. The summed E-state index contributed by atoms with van der Waals surface area (Å²) in [6.07, 6.45) is 3.19. The molecule has 0 radical (unpaired) electrons. The van der Waals surface area contributed by atoms with Crippen LogP contribution in [-0.2, 0) is 0 Å². The van der Waals surface area contributed by atoms with Crippen LogP contribution in [0.5, 0.6) is 0 Å². The van der Waals surface area contributed by atoms with E-state index in [1.165, 1.54) is 0 Å². The van der Waals surface area contributed by atoms with Crippen molar-refractivity contribution in [2.24, 2.45) is 0 Å². The summed E-state index contributed by atoms with van der Waals surface area (Å²) in [5.41, 5.74) is 0.409. The number of carboxylic acid groups (broad SMARTS) is 1. The highest BCUT2D eigenvalue weighted by molar-refractivity contribution is 7.99. The molecule has 0 amide bonds. The molecule has 0 fully saturated rings. The van der Waals surface area contributed by atoms with Crippen LogP contribution < -0.4 is 0 Å². The van der Waals surface area contributed by atoms with Crippen molar-refractivity contribution in [3.8, 4) is 0 Å². The van der Waals surface area contributed by atoms with Gasteiger partial charge in [0, 0.05) is 4.90 Å². The molecule has 1 aromatic carbocycles. The second-order valence-corrected chi connectivity index (χ2v) is 5.12. The third kappa shape index (κ3) is 4.18. The maximum absolute atomic E-state index is 10.9. The quantitative estimate of drug-likeness (QED) is 0.614. The van der Waals surface area contributed by atoms with Crippen LogP contribution in [0.3, 0.4) is 0 Å². The van der Waals surface area contributed by atoms with E-state index in [0.29, 0.717) is 5.56 Å². The van der Waals surface area contributed by atoms with Crippen LogP contribution in [0.4, 0.5) is 0 Å². The highest BCUT2D eigenvalue weighted by Gasteiger charge is 2.08. The summed E-state index contributed by atoms with van der Waals surface area (Å²) in [6.45, 7) is 0. The topological polar surface area (TPSA) is 37.3 Å². The SMILES string of the molecule is CSCCCSc1ccccc1C(=O)O. The van der Waals surface area contributed by atoms with E-state index in [4.69, 9.17) is 5.11 Å². The Hall–Kier alpha value is -0.610. The third-order valence-electron chi connectivity index (χ3n) is 1.87. The van der Waals surface area contributed by atoms with E-state index in [9.17, 15) is 4.79 Å². The summed E-state index contributed by atoms with van der Waals surface area (Å²) >= 11 is 3.44. The molecule has 1 rings (SSSR count). The molecule has 0 bridgehead atoms. The Morgan fingerprint density at radius 3 is 2.73 bits per heavy atom. The van der Waals surface area contributed by atoms with Crippen LogP contribution in [0.25, 0.3) is 0 Å². The summed E-state index contributed by atoms with van der Waals surface area (Å²) in [5, 5.41) is 8.95. The first-order valence-electron chi connectivity index (χ1n) is 4.69. The smallest absolute Gasteiger partial charge is 0.336 e. The molecule has 0 aliphatic carbocycles. The van der Waals surface area contributed by atoms with Gasteiger partial charge in [0.05, 0.1) is 5.56 Å². The van der Waals surface area contributed by atoms with Crippen molar-refractivity contribution in [1.82, 2.24) is 0 Å². The third-order valence-corrected chi connectivity index (χ3v) is 3.72. The Labute approximate surface area is 98.5 Å². The standard InChI is InChI=1S/C11H14O2S2/c1-14-7-4-8-15-10-6-3-2-5-9(10)11(12)13/h2-3,5-6H,4,7-8H2,1H3,(H,12,13). The molecular formula is C11H14O2S2. The van der Waals surface area contributed by atoms with Crippen LogP contribution in [0.1, 0.15) is 16.8 Å². The van der Waals surface area contributed by atoms with Crippen molar-refractivity contribution in [1.29, 1.82) is 0 Å². The van der Waals surface area contributed by atoms with Gasteiger partial charge in [0.2, 0.25) is 0 Å². The lowest BCUT2D eigenvalue weighted by molar-refractivity contribution is 0.0693. The van der Waals surface area contributed by atoms with Crippen molar-refractivity contribution in [3.05, 3.63) is 29.8 Å². The predicted molar refractivity (Wildman–Crippen MR) is 67.1 cm³/mol. The second kappa shape index (κ2) is 6.80. The van der Waals surface area contributed by atoms with Gasteiger partial charge in [-0.3, -0.25) is 0 Å². The Bertz CT molecular complexity index is 326. The van der Waals surface area contributed by atoms with Gasteiger partial charge in [-0.15, -0.1) is 11.8 Å². The molecule has 15 heavy (non-hydrogen) atoms. The summed E-state index contributed by atoms with van der Waals surface area (Å²) in [7, 11) is 0. The maximum Gasteiger partial charge on any atom is 0.336 e. The minimum atomic E-state index is -0.844. The van der Waals surface area contributed by atoms with Crippen LogP contribution in [0.15, 0.2) is 29.2 Å². The molecule has 0 aliphatic rings. The van der Waals surface area contributed by atoms with E-state index in [-0.39, 0.29) is 0 Å². The maximum atomic E-state index is 10.9. The van der Waals surface area contributed by atoms with Crippen LogP contribution in [0.2, 0.25) is 0 Å². The average Bonchev–Trinajstić information content (AvgIpc) is 2.25. The number of rotatable bonds is 6. The lowest BCUT2D eigenvalue weighted by atomic mass is 10.2. The van der Waals surface area contributed by atoms with Crippen molar-refractivity contribution >= 4 is 29.5 Å². The van der Waals surface area contributed by atoms with Crippen molar-refractivity contribution in [3.63, 3.8) is 0 Å². The van der Waals surface area contributed by atoms with E-state index in [0.717, 1.165) is 22.8 Å². The number of carbonyl (C=O) groups is 1. The molecule has 0 unspecified atom stereocenters. The predicted octanol–water partition coefficient (Wildman–Crippen LogP) is 3.23. The first-order valence-corrected chi connectivity index (χ1v) is 7.07. The fraction of sp³-hybridized carbons (Fsp3) is 0.364. The molecular weight excluding hydrogens is 228 g/mol. The van der Waals surface area contributed by atoms with E-state index in [1.807, 2.05) is 23.9 Å². The first kappa shape index (κ1) is 12.5. The van der Waals surface area contributed by atoms with E-state index >= 15 is 0 Å². The zero-order chi connectivity index (χ0) is 11.1. The fourth-order valence-corrected chi connectivity index (χ4v) is 2.76. The molecule has 0 aliphatic heterocycles. The first-order chi connectivity index (χ1) is 7.25. The summed E-state index contributed by atoms with van der Waals surface area (Å²) < 4.78 is 0. The molecule has 4 heteroatoms. The molecule has 0 spiro atoms. The molecule has 82 valence electrons. The normalized spacial score (nSPS) is 10.2. The van der Waals surface area contributed by atoms with Gasteiger partial charge >= 0.3 is 5.97 Å². The largest absolute Gasteiger partial charge is 0.478 e. The average molecular weight is 242 g/mol. The zero-order valence-corrected chi connectivity index (χ0v) is 10.2. The van der Waals surface area contributed by atoms with Crippen LogP contribution in [0, 0.1) is 0 Å². The summed E-state index contributed by atoms with van der Waals surface area (Å²) in [6, 6.07) is 7.16. The molecule has 0 saturated heterocycles. The van der Waals surface area contributed by atoms with Crippen LogP contribution in [-0.4, -0.2) is 28.8 Å². The number of hydrogen-bond donors (Lipinski definition) is 1. The molecule has 0 aromatic heterocycles. The summed E-state index contributed by atoms with van der Waals surface area (Å²) in [4.78, 5) is 11.8. The van der Waals surface area contributed by atoms with Gasteiger partial charge in [0.1, 0.15) is 0 Å². The number of benzene rings is 1. The Kier molecular flexibility index (Phi) is 5.65. The lowest BCUT2D eigenvalue weighted by Gasteiger charge is -2.04. The summed E-state index contributed by atoms with van der Waals surface area (Å²) in [5.74, 6) is 1.26. The van der Waals surface area contributed by atoms with E-state index in [2.05, 4.69) is 6.26 Å². The number of hydrogen-bond acceptors (Lipinski definition) is 3. The Balaban J connectivity index is 2.56. The van der Waals surface area contributed by atoms with E-state index in [1.54, 1.807) is 23.9 Å². The molecule has 1 aromatic rings. The lowest BCUT2D eigenvalue weighted by Crippen LogP contribution is -1.98. The van der Waals surface area contributed by atoms with Gasteiger partial charge in [-0.25, -0.2) is 4.79 Å². The number of carboxylic acids is 1. The van der Waals surface area contributed by atoms with Crippen molar-refractivity contribution in [2.45, 2.75) is 11.3 Å².